The minimum atomic E-state index is -3.71. The van der Waals surface area contributed by atoms with Gasteiger partial charge in [-0.05, 0) is 18.4 Å². The molecule has 1 spiro atoms. The van der Waals surface area contributed by atoms with Crippen molar-refractivity contribution in [3.8, 4) is 17.2 Å². The second-order valence-electron chi connectivity index (χ2n) is 11.6. The summed E-state index contributed by atoms with van der Waals surface area (Å²) in [6, 6.07) is 6.52. The van der Waals surface area contributed by atoms with Gasteiger partial charge in [0.05, 0.1) is 32.1 Å². The molecule has 234 valence electrons. The van der Waals surface area contributed by atoms with Gasteiger partial charge in [0.2, 0.25) is 21.4 Å². The molecule has 0 amide bonds. The number of halogens is 1. The van der Waals surface area contributed by atoms with E-state index in [1.165, 1.54) is 30.7 Å². The van der Waals surface area contributed by atoms with Crippen LogP contribution in [0.15, 0.2) is 45.4 Å². The number of sulfonamides is 1. The highest BCUT2D eigenvalue weighted by Gasteiger charge is 2.61. The molecule has 3 aliphatic heterocycles. The van der Waals surface area contributed by atoms with Crippen LogP contribution in [-0.4, -0.2) is 85.4 Å². The van der Waals surface area contributed by atoms with E-state index in [2.05, 4.69) is 4.99 Å². The van der Waals surface area contributed by atoms with Crippen LogP contribution in [-0.2, 0) is 21.4 Å². The van der Waals surface area contributed by atoms with Crippen molar-refractivity contribution in [2.75, 3.05) is 39.6 Å². The maximum atomic E-state index is 13.8. The SMILES string of the molecule is COc1cc(OC)c2c(c1Cl)O[C@]1(C2=O)C(O)=C(C=NCCS(=O)(=O)N2CC3CC(C2)c2cccc(=O)n2C3)C(=O)C[C@H]1C. The molecule has 2 unspecified atom stereocenters. The number of fused-ring (bicyclic) bond motifs is 5. The summed E-state index contributed by atoms with van der Waals surface area (Å²) < 4.78 is 46.5. The van der Waals surface area contributed by atoms with Crippen molar-refractivity contribution in [2.45, 2.75) is 37.8 Å². The van der Waals surface area contributed by atoms with Crippen LogP contribution in [0.25, 0.3) is 0 Å². The Morgan fingerprint density at radius 1 is 1.16 bits per heavy atom. The number of piperidine rings is 1. The number of carbonyl (C=O) groups is 2. The van der Waals surface area contributed by atoms with Gasteiger partial charge < -0.3 is 23.9 Å². The van der Waals surface area contributed by atoms with Crippen LogP contribution in [0, 0.1) is 11.8 Å². The molecular weight excluding hydrogens is 614 g/mol. The summed E-state index contributed by atoms with van der Waals surface area (Å²) in [4.78, 5) is 43.3. The summed E-state index contributed by atoms with van der Waals surface area (Å²) in [6.45, 7) is 2.49. The highest BCUT2D eigenvalue weighted by Crippen LogP contribution is 2.54. The Kier molecular flexibility index (Phi) is 7.61. The minimum Gasteiger partial charge on any atom is -0.507 e. The lowest BCUT2D eigenvalue weighted by Gasteiger charge is -2.42. The molecule has 1 saturated heterocycles. The number of methoxy groups -OCH3 is 2. The van der Waals surface area contributed by atoms with Crippen molar-refractivity contribution in [3.05, 3.63) is 62.2 Å². The number of nitrogens with zero attached hydrogens (tertiary/aromatic N) is 3. The van der Waals surface area contributed by atoms with Crippen molar-refractivity contribution in [1.82, 2.24) is 8.87 Å². The third kappa shape index (κ3) is 4.63. The largest absolute Gasteiger partial charge is 0.507 e. The number of Topliss-reactive ketones (excluding diaryl/α,β-unsaturated/α-hetero) is 2. The molecule has 4 atom stereocenters. The number of pyridine rings is 1. The van der Waals surface area contributed by atoms with E-state index in [1.807, 2.05) is 6.07 Å². The fourth-order valence-corrected chi connectivity index (χ4v) is 8.55. The van der Waals surface area contributed by atoms with Crippen LogP contribution < -0.4 is 19.8 Å². The Hall–Kier alpha value is -3.68. The molecule has 1 fully saturated rings. The fourth-order valence-electron chi connectivity index (χ4n) is 6.84. The number of rotatable bonds is 7. The summed E-state index contributed by atoms with van der Waals surface area (Å²) in [5.41, 5.74) is -1.40. The number of hydrogen-bond acceptors (Lipinski definition) is 10. The molecule has 1 aromatic carbocycles. The van der Waals surface area contributed by atoms with E-state index in [9.17, 15) is 27.9 Å². The smallest absolute Gasteiger partial charge is 0.250 e. The first-order valence-corrected chi connectivity index (χ1v) is 16.2. The fraction of sp³-hybridized carbons (Fsp3) is 0.467. The lowest BCUT2D eigenvalue weighted by atomic mass is 9.73. The van der Waals surface area contributed by atoms with Gasteiger partial charge >= 0.3 is 0 Å². The van der Waals surface area contributed by atoms with Crippen LogP contribution in [0.5, 0.6) is 17.2 Å². The molecule has 4 aliphatic rings. The number of hydrogen-bond donors (Lipinski definition) is 1. The second-order valence-corrected chi connectivity index (χ2v) is 14.1. The molecule has 14 heteroatoms. The highest BCUT2D eigenvalue weighted by molar-refractivity contribution is 7.89. The van der Waals surface area contributed by atoms with Gasteiger partial charge in [-0.25, -0.2) is 12.7 Å². The van der Waals surface area contributed by atoms with E-state index in [0.717, 1.165) is 18.3 Å². The monoisotopic (exact) mass is 645 g/mol. The van der Waals surface area contributed by atoms with Gasteiger partial charge in [-0.2, -0.15) is 0 Å². The molecule has 1 aromatic heterocycles. The van der Waals surface area contributed by atoms with Crippen LogP contribution in [0.1, 0.15) is 41.7 Å². The van der Waals surface area contributed by atoms with Gasteiger partial charge in [0.1, 0.15) is 22.1 Å². The van der Waals surface area contributed by atoms with E-state index in [4.69, 9.17) is 25.8 Å². The number of allylic oxidation sites excluding steroid dienone is 1. The summed E-state index contributed by atoms with van der Waals surface area (Å²) in [5, 5.41) is 11.4. The first-order chi connectivity index (χ1) is 20.9. The standard InChI is InChI=1S/C30H32ClN3O9S/c1-16-9-21(35)19(28(37)30(16)29(38)25-22(41-2)11-23(42-3)26(31)27(25)43-30)12-32-7-8-44(39,40)33-13-17-10-18(15-33)20-5-4-6-24(36)34(20)14-17/h4-6,11-12,16-18,37H,7-10,13-15H2,1-3H3/t16-,17?,18?,30+/m1/s1. The van der Waals surface area contributed by atoms with Gasteiger partial charge in [-0.15, -0.1) is 0 Å². The third-order valence-corrected chi connectivity index (χ3v) is 11.2. The van der Waals surface area contributed by atoms with E-state index in [-0.39, 0.29) is 76.1 Å². The first-order valence-electron chi connectivity index (χ1n) is 14.3. The molecular formula is C30H32ClN3O9S. The number of aliphatic hydroxyl groups is 1. The van der Waals surface area contributed by atoms with E-state index in [1.54, 1.807) is 17.6 Å². The molecule has 6 rings (SSSR count). The van der Waals surface area contributed by atoms with Crippen LogP contribution in [0.4, 0.5) is 0 Å². The predicted molar refractivity (Wildman–Crippen MR) is 161 cm³/mol. The molecule has 2 bridgehead atoms. The maximum absolute atomic E-state index is 13.8. The van der Waals surface area contributed by atoms with Crippen molar-refractivity contribution in [2.24, 2.45) is 16.8 Å². The summed E-state index contributed by atoms with van der Waals surface area (Å²) in [6.07, 6.45) is 1.78. The average Bonchev–Trinajstić information content (AvgIpc) is 3.31. The van der Waals surface area contributed by atoms with Gasteiger partial charge in [0.15, 0.2) is 17.3 Å². The second kappa shape index (κ2) is 11.0. The van der Waals surface area contributed by atoms with E-state index < -0.39 is 38.9 Å². The lowest BCUT2D eigenvalue weighted by Crippen LogP contribution is -2.52. The zero-order valence-electron chi connectivity index (χ0n) is 24.4. The molecule has 0 saturated carbocycles. The Bertz CT molecular complexity index is 1800. The Labute approximate surface area is 258 Å². The van der Waals surface area contributed by atoms with Gasteiger partial charge in [-0.1, -0.05) is 24.6 Å². The molecule has 44 heavy (non-hydrogen) atoms. The topological polar surface area (TPSA) is 154 Å². The van der Waals surface area contributed by atoms with Gasteiger partial charge in [0.25, 0.3) is 5.56 Å². The normalized spacial score (nSPS) is 26.6. The van der Waals surface area contributed by atoms with Gasteiger partial charge in [-0.3, -0.25) is 19.4 Å². The molecule has 1 aliphatic carbocycles. The number of aromatic nitrogens is 1. The number of benzene rings is 1. The van der Waals surface area contributed by atoms with Crippen LogP contribution in [0.3, 0.4) is 0 Å². The Balaban J connectivity index is 1.22. The average molecular weight is 646 g/mol. The molecule has 12 nitrogen and oxygen atoms in total. The van der Waals surface area contributed by atoms with E-state index in [0.29, 0.717) is 13.1 Å². The van der Waals surface area contributed by atoms with Crippen LogP contribution in [0.2, 0.25) is 5.02 Å². The zero-order valence-corrected chi connectivity index (χ0v) is 26.0. The third-order valence-electron chi connectivity index (χ3n) is 9.05. The van der Waals surface area contributed by atoms with Crippen LogP contribution >= 0.6 is 11.6 Å². The van der Waals surface area contributed by atoms with Crippen molar-refractivity contribution in [1.29, 1.82) is 0 Å². The molecule has 1 N–H and O–H groups in total. The predicted octanol–water partition coefficient (Wildman–Crippen LogP) is 2.77. The number of ketones is 2. The zero-order chi connectivity index (χ0) is 31.6. The van der Waals surface area contributed by atoms with Crippen molar-refractivity contribution >= 4 is 39.4 Å². The molecule has 0 radical (unpaired) electrons. The highest BCUT2D eigenvalue weighted by atomic mass is 35.5. The molecule has 4 heterocycles. The number of carbonyl (C=O) groups excluding carboxylic acids is 2. The minimum absolute atomic E-state index is 0.0169. The van der Waals surface area contributed by atoms with E-state index >= 15 is 0 Å². The van der Waals surface area contributed by atoms with Crippen molar-refractivity contribution < 1.29 is 37.3 Å². The lowest BCUT2D eigenvalue weighted by molar-refractivity contribution is -0.118. The quantitative estimate of drug-likeness (QED) is 0.448. The molecule has 2 aromatic rings. The van der Waals surface area contributed by atoms with Crippen molar-refractivity contribution in [3.63, 3.8) is 0 Å². The number of ether oxygens (including phenoxy) is 3. The Morgan fingerprint density at radius 3 is 2.64 bits per heavy atom. The maximum Gasteiger partial charge on any atom is 0.250 e. The summed E-state index contributed by atoms with van der Waals surface area (Å²) in [7, 11) is -0.950. The number of aliphatic imine (C=N–C) groups is 1. The first kappa shape index (κ1) is 30.4. The Morgan fingerprint density at radius 2 is 1.91 bits per heavy atom. The summed E-state index contributed by atoms with van der Waals surface area (Å²) >= 11 is 6.46. The number of aliphatic hydroxyl groups excluding tert-OH is 1. The van der Waals surface area contributed by atoms with Gasteiger partial charge in [0, 0.05) is 61.9 Å². The summed E-state index contributed by atoms with van der Waals surface area (Å²) in [5.74, 6) is -2.53.